The summed E-state index contributed by atoms with van der Waals surface area (Å²) in [5, 5.41) is 72.2. The molecule has 8 aliphatic carbocycles. The van der Waals surface area contributed by atoms with Gasteiger partial charge in [-0.2, -0.15) is 44.9 Å². The number of hydrogen-bond acceptors (Lipinski definition) is 25. The van der Waals surface area contributed by atoms with Crippen LogP contribution in [0.4, 0.5) is 41.1 Å². The second-order valence-corrected chi connectivity index (χ2v) is 44.7. The zero-order chi connectivity index (χ0) is 106. The maximum absolute atomic E-state index is 14.6. The smallest absolute Gasteiger partial charge is 0.256 e. The number of aliphatic hydroxyl groups excluding tert-OH is 2. The molecule has 0 unspecified atom stereocenters. The third-order valence-electron chi connectivity index (χ3n) is 33.5. The van der Waals surface area contributed by atoms with Gasteiger partial charge in [0, 0.05) is 74.6 Å². The van der Waals surface area contributed by atoms with Crippen molar-refractivity contribution in [1.82, 2.24) is 120 Å². The largest absolute Gasteiger partial charge is 0.396 e. The Bertz CT molecular complexity index is 7940. The number of aryl methyl sites for hydroxylation is 2. The molecule has 8 aliphatic rings. The zero-order valence-corrected chi connectivity index (χ0v) is 85.4. The highest BCUT2D eigenvalue weighted by molar-refractivity contribution is 7.92. The molecule has 4 fully saturated rings. The van der Waals surface area contributed by atoms with Gasteiger partial charge < -0.3 is 15.9 Å². The van der Waals surface area contributed by atoms with E-state index >= 15 is 0 Å². The highest BCUT2D eigenvalue weighted by Crippen LogP contribution is 2.74. The van der Waals surface area contributed by atoms with Crippen LogP contribution in [0.5, 0.6) is 0 Å². The molecule has 4 aromatic carbocycles. The fourth-order valence-corrected chi connectivity index (χ4v) is 26.3. The number of nitrogens with one attached hydrogen (secondary N) is 1. The number of carbonyl (C=O) groups is 1. The Morgan fingerprint density at radius 3 is 1.15 bits per heavy atom. The molecule has 8 bridgehead atoms. The second-order valence-electron chi connectivity index (χ2n) is 42.9. The number of anilines is 1. The highest BCUT2D eigenvalue weighted by atomic mass is 32.2. The Labute approximate surface area is 858 Å². The van der Waals surface area contributed by atoms with Crippen molar-refractivity contribution in [3.05, 3.63) is 315 Å². The molecule has 24 rings (SSSR count). The fraction of sp³-hybridized carbons (Fsp3) is 0.373. The number of pyridine rings is 2. The molecular formula is C110H108F8N26O5S. The molecule has 0 radical (unpaired) electrons. The number of primary amides is 1. The van der Waals surface area contributed by atoms with E-state index in [1.54, 1.807) is 24.5 Å². The minimum Gasteiger partial charge on any atom is -0.396 e. The van der Waals surface area contributed by atoms with Crippen LogP contribution in [0, 0.1) is 93.9 Å². The number of benzene rings is 4. The lowest BCUT2D eigenvalue weighted by Gasteiger charge is -2.37. The van der Waals surface area contributed by atoms with E-state index in [0.717, 1.165) is 154 Å². The molecule has 770 valence electrons. The lowest BCUT2D eigenvalue weighted by atomic mass is 9.66. The van der Waals surface area contributed by atoms with Crippen LogP contribution in [-0.2, 0) is 56.0 Å². The average Bonchev–Trinajstić information content (AvgIpc) is 1.53. The van der Waals surface area contributed by atoms with E-state index in [4.69, 9.17) is 25.7 Å². The van der Waals surface area contributed by atoms with Gasteiger partial charge in [-0.25, -0.2) is 68.5 Å². The third-order valence-corrected chi connectivity index (χ3v) is 34.0. The first-order valence-electron chi connectivity index (χ1n) is 49.9. The molecule has 0 spiro atoms. The quantitative estimate of drug-likeness (QED) is 0.0432. The summed E-state index contributed by atoms with van der Waals surface area (Å²) in [6.45, 7) is 27.0. The fourth-order valence-electron chi connectivity index (χ4n) is 25.9. The number of amides is 1. The predicted molar refractivity (Wildman–Crippen MR) is 538 cm³/mol. The molecule has 12 heterocycles. The van der Waals surface area contributed by atoms with Gasteiger partial charge in [0.15, 0.2) is 5.82 Å². The summed E-state index contributed by atoms with van der Waals surface area (Å²) in [6.07, 6.45) is 18.3. The van der Waals surface area contributed by atoms with Gasteiger partial charge in [-0.15, -0.1) is 30.6 Å². The molecule has 12 aromatic heterocycles. The Morgan fingerprint density at radius 1 is 0.440 bits per heavy atom. The maximum Gasteiger partial charge on any atom is 0.256 e. The number of nitrogens with two attached hydrogens (primary N) is 1. The van der Waals surface area contributed by atoms with Gasteiger partial charge in [-0.3, -0.25) is 28.8 Å². The lowest BCUT2D eigenvalue weighted by Crippen LogP contribution is -2.38. The molecule has 5 N–H and O–H groups in total. The summed E-state index contributed by atoms with van der Waals surface area (Å²) in [5.41, 5.74) is 18.1. The van der Waals surface area contributed by atoms with E-state index in [9.17, 15) is 58.5 Å². The average molecular weight is 2060 g/mol. The molecule has 40 heteroatoms. The first-order valence-corrected chi connectivity index (χ1v) is 51.8. The Hall–Kier alpha value is -15.1. The van der Waals surface area contributed by atoms with Gasteiger partial charge in [-0.05, 0) is 254 Å². The predicted octanol–water partition coefficient (Wildman–Crippen LogP) is 18.4. The number of sulfonamides is 1. The van der Waals surface area contributed by atoms with Crippen LogP contribution >= 0.6 is 0 Å². The Kier molecular flexibility index (Phi) is 25.3. The summed E-state index contributed by atoms with van der Waals surface area (Å²) in [5.74, 6) is -4.02. The normalized spacial score (nSPS) is 21.8. The number of halogens is 8. The van der Waals surface area contributed by atoms with Crippen molar-refractivity contribution in [3.8, 4) is 79.4 Å². The highest BCUT2D eigenvalue weighted by Gasteiger charge is 2.69. The molecule has 0 saturated heterocycles. The Balaban J connectivity index is 0.000000117. The standard InChI is InChI=1S/2C30H31F2N5O.C26H24F2N8O.C24H22F2N8O2S/c1-17(16-38)15-37-18(2)20(14-33-37)24-9-6-10-26(34-24)30-12-11-21(29(30,3)4)19-13-25(35-36-28(19)30)27-22(31)7-5-8-23(27)32;1-17(16-38)14-37-15-20(18(2)36-37)24-9-6-10-26(33-24)30-12-11-21(29(30,3)4)19-13-25(34-35-28(19)30)27-22(31)7-5-8-23(27)32;1-25(2)15-8-10-26(25,23-14(15)12-18(33-34-23)22-16(27)4-3-5-17(22)28)19-9-11-30-24(32-19)36-13-31-21(35-36)7-6-20(29)37;1-23(2)14-7-9-24(23,20-13(14)11-17(30-31-20)19-15(25)5-4-6-16(19)26)18-8-10-27-22(29-18)34-12-28-21(32-34)33-37(3,35)36/h5-10,13-14,17,21,38H,11-12,15-16H2,1-4H3;5-10,13,15,17,21,38H,11-12,14,16H2,1-4H3;3-5,9,11-13,15H,6-8,10H2,1-2H3,(H2,29,37);4-6,8,10-12,14H,7,9H2,1-3H3,(H,32,33)/t2*17-,21+,30+;15-,26-;14-,24-/m1100/s1. The van der Waals surface area contributed by atoms with Crippen LogP contribution in [0.25, 0.3) is 79.4 Å². The van der Waals surface area contributed by atoms with Crippen molar-refractivity contribution in [3.63, 3.8) is 0 Å². The van der Waals surface area contributed by atoms with E-state index in [0.29, 0.717) is 37.0 Å². The van der Waals surface area contributed by atoms with Gasteiger partial charge in [0.1, 0.15) is 59.2 Å². The SMILES string of the molecule is CC1(C)[C@H]2CC[C@]1(c1ccnc(-n3cnc(CCC(N)=O)n3)n1)c1nnc(-c3c(F)cccc3F)cc12.CC1(C)[C@H]2CC[C@]1(c1ccnc(-n3cnc(NS(C)(=O)=O)n3)n1)c1nnc(-c3c(F)cccc3F)cc12.Cc1c(-c2cccc([C@@]34CC[C@@H](c5cc(-c6c(F)cccc6F)nnc53)C4(C)C)n2)cnn1C[C@@H](C)CO.Cc1nn(C[C@@H](C)CO)cc1-c1cccc([C@@]23CC[C@@H](c4cc(-c5c(F)cccc5F)nnc42)C3(C)C)n1. The molecule has 10 atom stereocenters. The van der Waals surface area contributed by atoms with Gasteiger partial charge in [0.2, 0.25) is 15.9 Å². The zero-order valence-electron chi connectivity index (χ0n) is 84.5. The molecule has 16 aromatic rings. The first kappa shape index (κ1) is 101. The number of fused-ring (bicyclic) bond motifs is 20. The molecule has 4 saturated carbocycles. The van der Waals surface area contributed by atoms with E-state index in [2.05, 4.69) is 153 Å². The summed E-state index contributed by atoms with van der Waals surface area (Å²) in [4.78, 5) is 48.0. The number of nitrogens with zero attached hydrogens (tertiary/aromatic N) is 24. The molecular weight excluding hydrogens is 1950 g/mol. The van der Waals surface area contributed by atoms with Crippen molar-refractivity contribution in [2.45, 2.75) is 206 Å². The van der Waals surface area contributed by atoms with Crippen LogP contribution in [-0.4, -0.2) is 164 Å². The van der Waals surface area contributed by atoms with Gasteiger partial charge >= 0.3 is 0 Å². The van der Waals surface area contributed by atoms with Crippen molar-refractivity contribution in [1.29, 1.82) is 0 Å². The number of rotatable bonds is 23. The third kappa shape index (κ3) is 16.2. The minimum absolute atomic E-state index is 0.0851. The van der Waals surface area contributed by atoms with Crippen LogP contribution < -0.4 is 10.5 Å². The van der Waals surface area contributed by atoms with Crippen LogP contribution in [0.2, 0.25) is 0 Å². The number of carbonyl (C=O) groups excluding carboxylic acids is 1. The molecule has 0 aliphatic heterocycles. The second kappa shape index (κ2) is 37.6. The van der Waals surface area contributed by atoms with E-state index in [1.165, 1.54) is 94.8 Å². The maximum atomic E-state index is 14.6. The van der Waals surface area contributed by atoms with Crippen molar-refractivity contribution < 1.29 is 58.5 Å². The molecule has 150 heavy (non-hydrogen) atoms. The first-order chi connectivity index (χ1) is 71.6. The van der Waals surface area contributed by atoms with Crippen molar-refractivity contribution >= 4 is 21.9 Å². The van der Waals surface area contributed by atoms with E-state index in [-0.39, 0.29) is 134 Å². The van der Waals surface area contributed by atoms with Crippen molar-refractivity contribution in [2.24, 2.45) is 39.2 Å². The van der Waals surface area contributed by atoms with Crippen LogP contribution in [0.1, 0.15) is 236 Å². The Morgan fingerprint density at radius 2 is 0.787 bits per heavy atom. The van der Waals surface area contributed by atoms with Gasteiger partial charge in [0.05, 0.1) is 142 Å². The van der Waals surface area contributed by atoms with Gasteiger partial charge in [0.25, 0.3) is 17.8 Å². The van der Waals surface area contributed by atoms with E-state index < -0.39 is 84.1 Å². The number of aliphatic hydroxyl groups is 2. The molecule has 1 amide bonds. The summed E-state index contributed by atoms with van der Waals surface area (Å²) < 4.78 is 148. The summed E-state index contributed by atoms with van der Waals surface area (Å²) in [7, 11) is -3.54. The van der Waals surface area contributed by atoms with Crippen LogP contribution in [0.3, 0.4) is 0 Å². The minimum atomic E-state index is -3.54. The van der Waals surface area contributed by atoms with E-state index in [1.807, 2.05) is 98.0 Å². The van der Waals surface area contributed by atoms with Crippen molar-refractivity contribution in [2.75, 3.05) is 24.2 Å². The van der Waals surface area contributed by atoms with Crippen LogP contribution in [0.15, 0.2) is 183 Å². The number of hydrogen-bond donors (Lipinski definition) is 4. The lowest BCUT2D eigenvalue weighted by molar-refractivity contribution is -0.118. The number of aromatic nitrogens is 24. The summed E-state index contributed by atoms with van der Waals surface area (Å²) >= 11 is 0. The monoisotopic (exact) mass is 2060 g/mol. The summed E-state index contributed by atoms with van der Waals surface area (Å²) in [6, 6.07) is 38.2. The topological polar surface area (TPSA) is 407 Å². The van der Waals surface area contributed by atoms with Gasteiger partial charge in [-0.1, -0.05) is 106 Å². The molecule has 31 nitrogen and oxygen atoms in total.